The summed E-state index contributed by atoms with van der Waals surface area (Å²) < 4.78 is 5.61. The molecule has 0 saturated carbocycles. The van der Waals surface area contributed by atoms with Gasteiger partial charge in [-0.1, -0.05) is 0 Å². The van der Waals surface area contributed by atoms with E-state index < -0.39 is 5.97 Å². The van der Waals surface area contributed by atoms with E-state index in [1.807, 2.05) is 13.8 Å². The molecule has 2 aliphatic rings. The minimum Gasteiger partial charge on any atom is -0.481 e. The second-order valence-electron chi connectivity index (χ2n) is 5.41. The average Bonchev–Trinajstić information content (AvgIpc) is 2.76. The van der Waals surface area contributed by atoms with Crippen molar-refractivity contribution in [2.24, 2.45) is 5.92 Å². The van der Waals surface area contributed by atoms with Crippen LogP contribution in [0.15, 0.2) is 0 Å². The summed E-state index contributed by atoms with van der Waals surface area (Å²) in [5, 5.41) is 9.17. The van der Waals surface area contributed by atoms with Gasteiger partial charge in [0.15, 0.2) is 0 Å². The molecule has 4 heteroatoms. The number of ether oxygens (including phenoxy) is 1. The Balaban J connectivity index is 1.98. The number of likely N-dealkylation sites (tertiary alicyclic amines) is 1. The summed E-state index contributed by atoms with van der Waals surface area (Å²) in [5.41, 5.74) is -0.238. The second-order valence-corrected chi connectivity index (χ2v) is 5.41. The predicted octanol–water partition coefficient (Wildman–Crippen LogP) is 1.35. The van der Waals surface area contributed by atoms with Gasteiger partial charge in [-0.15, -0.1) is 0 Å². The Kier molecular flexibility index (Phi) is 3.22. The highest BCUT2D eigenvalue weighted by molar-refractivity contribution is 5.72. The largest absolute Gasteiger partial charge is 0.481 e. The molecular formula is C12H21NO3. The quantitative estimate of drug-likeness (QED) is 0.790. The van der Waals surface area contributed by atoms with E-state index in [0.717, 1.165) is 39.0 Å². The maximum absolute atomic E-state index is 11.1. The fourth-order valence-corrected chi connectivity index (χ4v) is 2.93. The van der Waals surface area contributed by atoms with Gasteiger partial charge in [-0.3, -0.25) is 9.69 Å². The molecule has 0 bridgehead atoms. The summed E-state index contributed by atoms with van der Waals surface area (Å²) in [4.78, 5) is 13.4. The van der Waals surface area contributed by atoms with Gasteiger partial charge in [0, 0.05) is 18.7 Å². The highest BCUT2D eigenvalue weighted by Gasteiger charge is 2.45. The maximum Gasteiger partial charge on any atom is 0.308 e. The third-order valence-electron chi connectivity index (χ3n) is 4.10. The first kappa shape index (κ1) is 11.9. The summed E-state index contributed by atoms with van der Waals surface area (Å²) in [7, 11) is 0. The molecule has 2 aliphatic heterocycles. The zero-order valence-corrected chi connectivity index (χ0v) is 10.1. The Hall–Kier alpha value is -0.610. The van der Waals surface area contributed by atoms with Crippen LogP contribution in [0.5, 0.6) is 0 Å². The maximum atomic E-state index is 11.1. The molecule has 0 aromatic heterocycles. The van der Waals surface area contributed by atoms with Gasteiger partial charge in [-0.2, -0.15) is 0 Å². The van der Waals surface area contributed by atoms with Gasteiger partial charge < -0.3 is 9.84 Å². The Morgan fingerprint density at radius 1 is 1.50 bits per heavy atom. The van der Waals surface area contributed by atoms with E-state index in [0.29, 0.717) is 6.10 Å². The van der Waals surface area contributed by atoms with E-state index in [2.05, 4.69) is 4.90 Å². The van der Waals surface area contributed by atoms with E-state index in [4.69, 9.17) is 9.84 Å². The molecule has 1 N–H and O–H groups in total. The van der Waals surface area contributed by atoms with E-state index in [-0.39, 0.29) is 11.5 Å². The molecule has 0 aromatic carbocycles. The van der Waals surface area contributed by atoms with Gasteiger partial charge in [0.25, 0.3) is 0 Å². The normalized spacial score (nSPS) is 34.4. The van der Waals surface area contributed by atoms with Crippen LogP contribution in [0.3, 0.4) is 0 Å². The first-order valence-corrected chi connectivity index (χ1v) is 6.11. The number of carbonyl (C=O) groups is 1. The Morgan fingerprint density at radius 2 is 2.25 bits per heavy atom. The summed E-state index contributed by atoms with van der Waals surface area (Å²) in [6.07, 6.45) is 3.33. The lowest BCUT2D eigenvalue weighted by Gasteiger charge is -2.35. The second kappa shape index (κ2) is 4.34. The van der Waals surface area contributed by atoms with Crippen LogP contribution < -0.4 is 0 Å². The summed E-state index contributed by atoms with van der Waals surface area (Å²) in [6.45, 7) is 6.70. The van der Waals surface area contributed by atoms with Gasteiger partial charge in [0.2, 0.25) is 0 Å². The predicted molar refractivity (Wildman–Crippen MR) is 60.4 cm³/mol. The molecule has 0 radical (unpaired) electrons. The lowest BCUT2D eigenvalue weighted by Crippen LogP contribution is -2.47. The highest BCUT2D eigenvalue weighted by Crippen LogP contribution is 2.35. The van der Waals surface area contributed by atoms with Crippen LogP contribution in [0.2, 0.25) is 0 Å². The molecule has 2 atom stereocenters. The van der Waals surface area contributed by atoms with Gasteiger partial charge in [0.05, 0.1) is 12.0 Å². The van der Waals surface area contributed by atoms with E-state index in [1.54, 1.807) is 0 Å². The van der Waals surface area contributed by atoms with E-state index >= 15 is 0 Å². The first-order valence-electron chi connectivity index (χ1n) is 6.11. The van der Waals surface area contributed by atoms with Crippen molar-refractivity contribution in [2.45, 2.75) is 44.8 Å². The zero-order valence-electron chi connectivity index (χ0n) is 10.1. The van der Waals surface area contributed by atoms with Crippen LogP contribution in [-0.4, -0.2) is 47.3 Å². The van der Waals surface area contributed by atoms with Crippen LogP contribution in [0.1, 0.15) is 33.1 Å². The van der Waals surface area contributed by atoms with Crippen molar-refractivity contribution in [2.75, 3.05) is 19.7 Å². The number of hydrogen-bond donors (Lipinski definition) is 1. The van der Waals surface area contributed by atoms with Crippen LogP contribution in [0.25, 0.3) is 0 Å². The lowest BCUT2D eigenvalue weighted by atomic mass is 9.88. The fraction of sp³-hybridized carbons (Fsp3) is 0.917. The van der Waals surface area contributed by atoms with E-state index in [1.165, 1.54) is 0 Å². The third kappa shape index (κ3) is 2.09. The number of hydrogen-bond acceptors (Lipinski definition) is 3. The molecule has 16 heavy (non-hydrogen) atoms. The first-order chi connectivity index (χ1) is 7.51. The van der Waals surface area contributed by atoms with Crippen molar-refractivity contribution in [3.63, 3.8) is 0 Å². The molecule has 0 aromatic rings. The molecule has 92 valence electrons. The van der Waals surface area contributed by atoms with Crippen molar-refractivity contribution in [1.82, 2.24) is 4.90 Å². The van der Waals surface area contributed by atoms with Crippen LogP contribution in [-0.2, 0) is 9.53 Å². The van der Waals surface area contributed by atoms with Crippen LogP contribution in [0, 0.1) is 5.92 Å². The standard InChI is InChI=1S/C12H21NO3/c1-12(2)10(11(14)15)5-6-13(12)8-9-4-3-7-16-9/h9-10H,3-8H2,1-2H3,(H,14,15). The smallest absolute Gasteiger partial charge is 0.308 e. The summed E-state index contributed by atoms with van der Waals surface area (Å²) >= 11 is 0. The van der Waals surface area contributed by atoms with Gasteiger partial charge in [-0.25, -0.2) is 0 Å². The van der Waals surface area contributed by atoms with Crippen LogP contribution >= 0.6 is 0 Å². The Labute approximate surface area is 96.6 Å². The lowest BCUT2D eigenvalue weighted by molar-refractivity contribution is -0.144. The summed E-state index contributed by atoms with van der Waals surface area (Å²) in [5.74, 6) is -0.909. The van der Waals surface area contributed by atoms with Gasteiger partial charge in [-0.05, 0) is 39.7 Å². The Morgan fingerprint density at radius 3 is 2.75 bits per heavy atom. The van der Waals surface area contributed by atoms with Crippen molar-refractivity contribution >= 4 is 5.97 Å². The fourth-order valence-electron chi connectivity index (χ4n) is 2.93. The molecular weight excluding hydrogens is 206 g/mol. The molecule has 4 nitrogen and oxygen atoms in total. The van der Waals surface area contributed by atoms with Gasteiger partial charge in [0.1, 0.15) is 0 Å². The van der Waals surface area contributed by atoms with E-state index in [9.17, 15) is 4.79 Å². The number of nitrogens with zero attached hydrogens (tertiary/aromatic N) is 1. The zero-order chi connectivity index (χ0) is 11.8. The Bertz CT molecular complexity index is 271. The summed E-state index contributed by atoms with van der Waals surface area (Å²) in [6, 6.07) is 0. The third-order valence-corrected chi connectivity index (χ3v) is 4.10. The number of carboxylic acids is 1. The molecule has 2 rings (SSSR count). The molecule has 2 heterocycles. The molecule has 2 unspecified atom stereocenters. The minimum atomic E-state index is -0.667. The minimum absolute atomic E-state index is 0.238. The van der Waals surface area contributed by atoms with Crippen molar-refractivity contribution in [1.29, 1.82) is 0 Å². The molecule has 0 amide bonds. The monoisotopic (exact) mass is 227 g/mol. The van der Waals surface area contributed by atoms with Crippen LogP contribution in [0.4, 0.5) is 0 Å². The van der Waals surface area contributed by atoms with Crippen molar-refractivity contribution < 1.29 is 14.6 Å². The molecule has 2 saturated heterocycles. The van der Waals surface area contributed by atoms with Gasteiger partial charge >= 0.3 is 5.97 Å². The van der Waals surface area contributed by atoms with Crippen molar-refractivity contribution in [3.05, 3.63) is 0 Å². The molecule has 2 fully saturated rings. The van der Waals surface area contributed by atoms with Crippen molar-refractivity contribution in [3.8, 4) is 0 Å². The molecule has 0 aliphatic carbocycles. The SMILES string of the molecule is CC1(C)C(C(=O)O)CCN1CC1CCCO1. The average molecular weight is 227 g/mol. The highest BCUT2D eigenvalue weighted by atomic mass is 16.5. The number of rotatable bonds is 3. The molecule has 0 spiro atoms. The number of carboxylic acid groups (broad SMARTS) is 1. The number of aliphatic carboxylic acids is 1. The topological polar surface area (TPSA) is 49.8 Å².